The van der Waals surface area contributed by atoms with Crippen LogP contribution in [0.2, 0.25) is 0 Å². The standard InChI is InChI=1S/C13H17F3N4O2S/c14-13(15,16)11-3-6-17-12(19-11)18-9-4-7-20(8-5-9)23(21,22)10-1-2-10/h3,6,9-10H,1-2,4-5,7-8H2,(H,17,18,19). The van der Waals surface area contributed by atoms with Gasteiger partial charge in [0.25, 0.3) is 0 Å². The first kappa shape index (κ1) is 16.4. The summed E-state index contributed by atoms with van der Waals surface area (Å²) >= 11 is 0. The van der Waals surface area contributed by atoms with E-state index in [1.165, 1.54) is 4.31 Å². The first-order chi connectivity index (χ1) is 10.8. The van der Waals surface area contributed by atoms with E-state index in [-0.39, 0.29) is 17.2 Å². The molecule has 2 heterocycles. The molecule has 0 amide bonds. The Labute approximate surface area is 132 Å². The molecule has 1 aromatic rings. The van der Waals surface area contributed by atoms with E-state index in [1.807, 2.05) is 0 Å². The van der Waals surface area contributed by atoms with Crippen LogP contribution in [0.25, 0.3) is 0 Å². The maximum Gasteiger partial charge on any atom is 0.433 e. The monoisotopic (exact) mass is 350 g/mol. The molecule has 10 heteroatoms. The lowest BCUT2D eigenvalue weighted by Gasteiger charge is -2.31. The zero-order valence-corrected chi connectivity index (χ0v) is 13.1. The fourth-order valence-corrected chi connectivity index (χ4v) is 4.47. The minimum absolute atomic E-state index is 0.0803. The zero-order valence-electron chi connectivity index (χ0n) is 12.3. The molecule has 2 fully saturated rings. The predicted molar refractivity (Wildman–Crippen MR) is 77.2 cm³/mol. The van der Waals surface area contributed by atoms with Gasteiger partial charge in [0, 0.05) is 25.3 Å². The molecule has 0 spiro atoms. The Morgan fingerprint density at radius 2 is 1.83 bits per heavy atom. The first-order valence-electron chi connectivity index (χ1n) is 7.42. The number of aromatic nitrogens is 2. The molecular weight excluding hydrogens is 333 g/mol. The largest absolute Gasteiger partial charge is 0.433 e. The second-order valence-electron chi connectivity index (χ2n) is 5.83. The molecule has 1 saturated carbocycles. The lowest BCUT2D eigenvalue weighted by atomic mass is 10.1. The summed E-state index contributed by atoms with van der Waals surface area (Å²) in [5, 5.41) is 2.63. The van der Waals surface area contributed by atoms with E-state index < -0.39 is 21.9 Å². The van der Waals surface area contributed by atoms with Gasteiger partial charge in [-0.3, -0.25) is 0 Å². The fraction of sp³-hybridized carbons (Fsp3) is 0.692. The highest BCUT2D eigenvalue weighted by atomic mass is 32.2. The normalized spacial score (nSPS) is 21.3. The quantitative estimate of drug-likeness (QED) is 0.897. The summed E-state index contributed by atoms with van der Waals surface area (Å²) in [5.41, 5.74) is -0.997. The second-order valence-corrected chi connectivity index (χ2v) is 8.04. The predicted octanol–water partition coefficient (Wildman–Crippen LogP) is 1.86. The molecule has 1 N–H and O–H groups in total. The van der Waals surface area contributed by atoms with Crippen molar-refractivity contribution in [2.45, 2.75) is 43.2 Å². The summed E-state index contributed by atoms with van der Waals surface area (Å²) in [4.78, 5) is 7.26. The van der Waals surface area contributed by atoms with Gasteiger partial charge in [-0.15, -0.1) is 0 Å². The van der Waals surface area contributed by atoms with E-state index in [9.17, 15) is 21.6 Å². The van der Waals surface area contributed by atoms with Gasteiger partial charge in [-0.05, 0) is 31.7 Å². The summed E-state index contributed by atoms with van der Waals surface area (Å²) in [7, 11) is -3.19. The Kier molecular flexibility index (Phi) is 4.21. The van der Waals surface area contributed by atoms with Crippen molar-refractivity contribution < 1.29 is 21.6 Å². The van der Waals surface area contributed by atoms with E-state index in [0.29, 0.717) is 25.9 Å². The van der Waals surface area contributed by atoms with Crippen LogP contribution in [0.3, 0.4) is 0 Å². The molecule has 1 saturated heterocycles. The van der Waals surface area contributed by atoms with E-state index >= 15 is 0 Å². The maximum atomic E-state index is 12.6. The van der Waals surface area contributed by atoms with E-state index in [2.05, 4.69) is 15.3 Å². The number of nitrogens with zero attached hydrogens (tertiary/aromatic N) is 3. The van der Waals surface area contributed by atoms with Gasteiger partial charge in [0.2, 0.25) is 16.0 Å². The van der Waals surface area contributed by atoms with Gasteiger partial charge in [0.1, 0.15) is 5.69 Å². The molecule has 1 aliphatic heterocycles. The van der Waals surface area contributed by atoms with Crippen molar-refractivity contribution in [2.24, 2.45) is 0 Å². The number of sulfonamides is 1. The van der Waals surface area contributed by atoms with Crippen LogP contribution in [-0.4, -0.2) is 47.1 Å². The molecule has 23 heavy (non-hydrogen) atoms. The summed E-state index contributed by atoms with van der Waals surface area (Å²) in [5.74, 6) is -0.0803. The van der Waals surface area contributed by atoms with Crippen LogP contribution in [-0.2, 0) is 16.2 Å². The van der Waals surface area contributed by atoms with E-state index in [1.54, 1.807) is 0 Å². The van der Waals surface area contributed by atoms with Gasteiger partial charge in [0.05, 0.1) is 5.25 Å². The molecule has 0 unspecified atom stereocenters. The zero-order chi connectivity index (χ0) is 16.7. The Morgan fingerprint density at radius 1 is 1.17 bits per heavy atom. The molecule has 0 radical (unpaired) electrons. The maximum absolute atomic E-state index is 12.6. The molecule has 0 aromatic carbocycles. The lowest BCUT2D eigenvalue weighted by molar-refractivity contribution is -0.141. The van der Waals surface area contributed by atoms with Gasteiger partial charge in [-0.25, -0.2) is 22.7 Å². The molecule has 3 rings (SSSR count). The summed E-state index contributed by atoms with van der Waals surface area (Å²) in [6, 6.07) is 0.680. The Bertz CT molecular complexity index is 668. The number of anilines is 1. The highest BCUT2D eigenvalue weighted by Crippen LogP contribution is 2.32. The van der Waals surface area contributed by atoms with Crippen LogP contribution in [0.1, 0.15) is 31.4 Å². The number of alkyl halides is 3. The van der Waals surface area contributed by atoms with Crippen LogP contribution in [0, 0.1) is 0 Å². The van der Waals surface area contributed by atoms with Crippen molar-refractivity contribution in [1.82, 2.24) is 14.3 Å². The van der Waals surface area contributed by atoms with Crippen molar-refractivity contribution in [3.63, 3.8) is 0 Å². The molecule has 2 aliphatic rings. The number of hydrogen-bond acceptors (Lipinski definition) is 5. The van der Waals surface area contributed by atoms with Crippen molar-refractivity contribution in [3.05, 3.63) is 18.0 Å². The van der Waals surface area contributed by atoms with Crippen LogP contribution in [0.15, 0.2) is 12.3 Å². The Hall–Kier alpha value is -1.42. The van der Waals surface area contributed by atoms with Crippen molar-refractivity contribution in [3.8, 4) is 0 Å². The first-order valence-corrected chi connectivity index (χ1v) is 8.93. The Balaban J connectivity index is 1.59. The third kappa shape index (κ3) is 3.74. The number of hydrogen-bond donors (Lipinski definition) is 1. The number of halogens is 3. The molecule has 0 bridgehead atoms. The van der Waals surface area contributed by atoms with Crippen molar-refractivity contribution in [2.75, 3.05) is 18.4 Å². The Morgan fingerprint density at radius 3 is 2.39 bits per heavy atom. The highest BCUT2D eigenvalue weighted by Gasteiger charge is 2.41. The van der Waals surface area contributed by atoms with Crippen molar-refractivity contribution in [1.29, 1.82) is 0 Å². The molecule has 0 atom stereocenters. The summed E-state index contributed by atoms with van der Waals surface area (Å²) in [6.07, 6.45) is -0.972. The van der Waals surface area contributed by atoms with Crippen LogP contribution in [0.4, 0.5) is 19.1 Å². The fourth-order valence-electron chi connectivity index (χ4n) is 2.60. The van der Waals surface area contributed by atoms with Gasteiger partial charge < -0.3 is 5.32 Å². The third-order valence-electron chi connectivity index (χ3n) is 4.04. The summed E-state index contributed by atoms with van der Waals surface area (Å²) in [6.45, 7) is 0.741. The molecule has 1 aliphatic carbocycles. The van der Waals surface area contributed by atoms with Gasteiger partial charge >= 0.3 is 6.18 Å². The van der Waals surface area contributed by atoms with Gasteiger partial charge in [0.15, 0.2) is 0 Å². The number of piperidine rings is 1. The molecule has 1 aromatic heterocycles. The topological polar surface area (TPSA) is 75.2 Å². The lowest BCUT2D eigenvalue weighted by Crippen LogP contribution is -2.43. The number of rotatable bonds is 4. The van der Waals surface area contributed by atoms with Crippen molar-refractivity contribution >= 4 is 16.0 Å². The average molecular weight is 350 g/mol. The molecule has 128 valence electrons. The second kappa shape index (κ2) is 5.90. The van der Waals surface area contributed by atoms with Gasteiger partial charge in [-0.2, -0.15) is 13.2 Å². The third-order valence-corrected chi connectivity index (χ3v) is 6.44. The molecule has 6 nitrogen and oxygen atoms in total. The molecular formula is C13H17F3N4O2S. The summed E-state index contributed by atoms with van der Waals surface area (Å²) < 4.78 is 63.6. The van der Waals surface area contributed by atoms with Crippen LogP contribution < -0.4 is 5.32 Å². The smallest absolute Gasteiger partial charge is 0.351 e. The van der Waals surface area contributed by atoms with Crippen LogP contribution >= 0.6 is 0 Å². The van der Waals surface area contributed by atoms with E-state index in [4.69, 9.17) is 0 Å². The van der Waals surface area contributed by atoms with Gasteiger partial charge in [-0.1, -0.05) is 0 Å². The minimum Gasteiger partial charge on any atom is -0.351 e. The minimum atomic E-state index is -4.51. The van der Waals surface area contributed by atoms with Crippen LogP contribution in [0.5, 0.6) is 0 Å². The highest BCUT2D eigenvalue weighted by molar-refractivity contribution is 7.90. The average Bonchev–Trinajstić information content (AvgIpc) is 3.32. The SMILES string of the molecule is O=S(=O)(C1CC1)N1CCC(Nc2nccc(C(F)(F)F)n2)CC1. The van der Waals surface area contributed by atoms with E-state index in [0.717, 1.165) is 25.1 Å². The number of nitrogens with one attached hydrogen (secondary N) is 1.